The smallest absolute Gasteiger partial charge is 0.0780 e. The quantitative estimate of drug-likeness (QED) is 0.0909. The van der Waals surface area contributed by atoms with Gasteiger partial charge in [-0.2, -0.15) is 0 Å². The van der Waals surface area contributed by atoms with Crippen LogP contribution in [0.3, 0.4) is 0 Å². The van der Waals surface area contributed by atoms with E-state index in [1.807, 2.05) is 0 Å². The number of benzene rings is 2. The van der Waals surface area contributed by atoms with Crippen molar-refractivity contribution >= 4 is 23.5 Å². The molecule has 0 heterocycles. The van der Waals surface area contributed by atoms with Gasteiger partial charge in [-0.05, 0) is 67.5 Å². The van der Waals surface area contributed by atoms with Crippen molar-refractivity contribution in [3.63, 3.8) is 0 Å². The van der Waals surface area contributed by atoms with Gasteiger partial charge in [-0.25, -0.2) is 0 Å². The molecule has 2 aromatic rings. The molecule has 0 bridgehead atoms. The summed E-state index contributed by atoms with van der Waals surface area (Å²) in [6.45, 7) is 12.1. The summed E-state index contributed by atoms with van der Waals surface area (Å²) in [6.07, 6.45) is 13.0. The first kappa shape index (κ1) is 32.1. The lowest BCUT2D eigenvalue weighted by Crippen LogP contribution is -3.00. The molecule has 0 aliphatic carbocycles. The number of hydrogen-bond acceptors (Lipinski definition) is 2. The lowest BCUT2D eigenvalue weighted by atomic mass is 10.1. The van der Waals surface area contributed by atoms with E-state index in [9.17, 15) is 0 Å². The van der Waals surface area contributed by atoms with E-state index in [1.165, 1.54) is 85.3 Å². The Hall–Kier alpha value is -0.940. The number of hydrogen-bond donors (Lipinski definition) is 0. The number of unbranched alkanes of at least 4 members (excludes halogenated alkanes) is 6. The zero-order valence-corrected chi connectivity index (χ0v) is 25.7. The number of halogens is 1. The maximum Gasteiger partial charge on any atom is 0.0780 e. The Bertz CT molecular complexity index is 866. The summed E-state index contributed by atoms with van der Waals surface area (Å²) in [4.78, 5) is 4.52. The van der Waals surface area contributed by atoms with E-state index >= 15 is 0 Å². The van der Waals surface area contributed by atoms with Crippen molar-refractivity contribution in [2.45, 2.75) is 80.9 Å². The van der Waals surface area contributed by atoms with E-state index in [0.717, 1.165) is 20.7 Å². The highest BCUT2D eigenvalue weighted by Crippen LogP contribution is 2.38. The molecule has 0 aromatic heterocycles. The minimum absolute atomic E-state index is 0. The fourth-order valence-electron chi connectivity index (χ4n) is 3.87. The van der Waals surface area contributed by atoms with E-state index in [2.05, 4.69) is 89.8 Å². The first-order valence-corrected chi connectivity index (χ1v) is 14.6. The van der Waals surface area contributed by atoms with Crippen LogP contribution >= 0.6 is 23.5 Å². The van der Waals surface area contributed by atoms with Crippen molar-refractivity contribution in [3.05, 3.63) is 82.6 Å². The average Bonchev–Trinajstić information content (AvgIpc) is 2.80. The van der Waals surface area contributed by atoms with Crippen LogP contribution in [-0.2, 0) is 12.8 Å². The zero-order chi connectivity index (χ0) is 24.8. The van der Waals surface area contributed by atoms with E-state index in [0.29, 0.717) is 0 Å². The van der Waals surface area contributed by atoms with Crippen LogP contribution in [0.4, 0.5) is 0 Å². The van der Waals surface area contributed by atoms with E-state index in [4.69, 9.17) is 0 Å². The van der Waals surface area contributed by atoms with E-state index < -0.39 is 0 Å². The molecule has 194 valence electrons. The number of rotatable bonds is 17. The van der Waals surface area contributed by atoms with Crippen molar-refractivity contribution in [1.82, 2.24) is 0 Å². The average molecular weight is 577 g/mol. The molecule has 0 spiro atoms. The Morgan fingerprint density at radius 3 is 1.46 bits per heavy atom. The first-order valence-electron chi connectivity index (χ1n) is 13.0. The van der Waals surface area contributed by atoms with Crippen molar-refractivity contribution in [2.24, 2.45) is 0 Å². The van der Waals surface area contributed by atoms with Crippen LogP contribution in [0.2, 0.25) is 0 Å². The Morgan fingerprint density at radius 1 is 0.629 bits per heavy atom. The third-order valence-corrected chi connectivity index (χ3v) is 8.13. The molecule has 0 unspecified atom stereocenters. The van der Waals surface area contributed by atoms with Crippen molar-refractivity contribution in [3.8, 4) is 0 Å². The molecule has 0 fully saturated rings. The second kappa shape index (κ2) is 17.5. The molecule has 0 N–H and O–H groups in total. The summed E-state index contributed by atoms with van der Waals surface area (Å²) in [6, 6.07) is 18.0. The van der Waals surface area contributed by atoms with Gasteiger partial charge in [0.2, 0.25) is 0 Å². The van der Waals surface area contributed by atoms with Gasteiger partial charge in [-0.3, -0.25) is 0 Å². The van der Waals surface area contributed by atoms with Gasteiger partial charge in [0.25, 0.3) is 0 Å². The number of thioether (sulfide) groups is 2. The summed E-state index contributed by atoms with van der Waals surface area (Å²) in [5.41, 5.74) is 2.86. The highest BCUT2D eigenvalue weighted by Gasteiger charge is 2.08. The monoisotopic (exact) mass is 575 g/mol. The fourth-order valence-corrected chi connectivity index (χ4v) is 5.46. The summed E-state index contributed by atoms with van der Waals surface area (Å²) < 4.78 is 1.04. The van der Waals surface area contributed by atoms with Crippen LogP contribution in [0, 0.1) is 0 Å². The van der Waals surface area contributed by atoms with Crippen molar-refractivity contribution < 1.29 is 21.5 Å². The summed E-state index contributed by atoms with van der Waals surface area (Å²) in [7, 11) is 6.78. The lowest BCUT2D eigenvalue weighted by Gasteiger charge is -2.23. The second-order valence-corrected chi connectivity index (χ2v) is 12.7. The predicted octanol–water partition coefficient (Wildman–Crippen LogP) is 6.53. The van der Waals surface area contributed by atoms with E-state index in [1.54, 1.807) is 23.5 Å². The van der Waals surface area contributed by atoms with E-state index in [-0.39, 0.29) is 17.0 Å². The van der Waals surface area contributed by atoms with Gasteiger partial charge in [0.1, 0.15) is 0 Å². The Labute approximate surface area is 235 Å². The van der Waals surface area contributed by atoms with Crippen LogP contribution in [-0.4, -0.2) is 32.2 Å². The lowest BCUT2D eigenvalue weighted by molar-refractivity contribution is -0.870. The van der Waals surface area contributed by atoms with Crippen LogP contribution in [0.1, 0.15) is 69.4 Å². The Balaban J connectivity index is 0.00000612. The second-order valence-electron chi connectivity index (χ2n) is 10.3. The summed E-state index contributed by atoms with van der Waals surface area (Å²) in [5.74, 6) is 0. The summed E-state index contributed by atoms with van der Waals surface area (Å²) in [5, 5.41) is 0. The molecule has 2 aromatic carbocycles. The number of nitrogens with zero attached hydrogens (tertiary/aromatic N) is 1. The van der Waals surface area contributed by atoms with Crippen molar-refractivity contribution in [2.75, 3.05) is 27.7 Å². The molecule has 4 heteroatoms. The molecule has 0 atom stereocenters. The van der Waals surface area contributed by atoms with Crippen LogP contribution in [0.15, 0.2) is 81.3 Å². The van der Waals surface area contributed by atoms with Gasteiger partial charge >= 0.3 is 0 Å². The third-order valence-electron chi connectivity index (χ3n) is 6.00. The Morgan fingerprint density at radius 2 is 1.03 bits per heavy atom. The largest absolute Gasteiger partial charge is 1.00 e. The maximum absolute atomic E-state index is 4.28. The minimum Gasteiger partial charge on any atom is -1.00 e. The molecule has 0 amide bonds. The van der Waals surface area contributed by atoms with Crippen LogP contribution in [0.25, 0.3) is 0 Å². The van der Waals surface area contributed by atoms with Gasteiger partial charge in [-0.15, -0.1) is 0 Å². The minimum atomic E-state index is 0. The molecule has 0 saturated heterocycles. The standard InChI is InChI=1S/C31H46NS2.BrH/c1-7-8-9-10-11-12-15-28-17-21-30(22-18-28)33-26(2)27(3)34-31-23-19-29(20-24-31)16-13-14-25-32(4,5)6;/h17-24H,2-3,7-16,25H2,1,4-6H3;1H/q+1;/p-1. The van der Waals surface area contributed by atoms with Gasteiger partial charge in [0.05, 0.1) is 27.7 Å². The van der Waals surface area contributed by atoms with Crippen LogP contribution < -0.4 is 17.0 Å². The summed E-state index contributed by atoms with van der Waals surface area (Å²) >= 11 is 3.44. The zero-order valence-electron chi connectivity index (χ0n) is 22.5. The highest BCUT2D eigenvalue weighted by molar-refractivity contribution is 8.08. The SMILES string of the molecule is C=C(Sc1ccc(CCCCCCCC)cc1)C(=C)Sc1ccc(CCCC[N+](C)(C)C)cc1.[Br-]. The first-order chi connectivity index (χ1) is 16.3. The normalized spacial score (nSPS) is 11.2. The van der Waals surface area contributed by atoms with Crippen molar-refractivity contribution in [1.29, 1.82) is 0 Å². The molecule has 0 aliphatic heterocycles. The molecule has 2 rings (SSSR count). The third kappa shape index (κ3) is 14.4. The van der Waals surface area contributed by atoms with Gasteiger partial charge in [0.15, 0.2) is 0 Å². The molecule has 35 heavy (non-hydrogen) atoms. The molecule has 0 aliphatic rings. The molecule has 0 saturated carbocycles. The van der Waals surface area contributed by atoms with Crippen LogP contribution in [0.5, 0.6) is 0 Å². The molecule has 1 nitrogen and oxygen atoms in total. The molecular weight excluding hydrogens is 530 g/mol. The fraction of sp³-hybridized carbons (Fsp3) is 0.484. The van der Waals surface area contributed by atoms with Gasteiger partial charge in [0, 0.05) is 19.6 Å². The number of aryl methyl sites for hydroxylation is 2. The predicted molar refractivity (Wildman–Crippen MR) is 156 cm³/mol. The molecular formula is C31H46BrNS2. The molecule has 0 radical (unpaired) electrons. The highest BCUT2D eigenvalue weighted by atomic mass is 79.9. The topological polar surface area (TPSA) is 0 Å². The Kier molecular flexibility index (Phi) is 16.0. The van der Waals surface area contributed by atoms with Gasteiger partial charge in [-0.1, -0.05) is 100.0 Å². The maximum atomic E-state index is 4.28. The van der Waals surface area contributed by atoms with Gasteiger partial charge < -0.3 is 21.5 Å². The number of quaternary nitrogens is 1.